The van der Waals surface area contributed by atoms with E-state index in [4.69, 9.17) is 27.7 Å². The highest BCUT2D eigenvalue weighted by atomic mass is 16.5. The second-order valence-corrected chi connectivity index (χ2v) is 4.14. The van der Waals surface area contributed by atoms with Crippen molar-refractivity contribution in [2.45, 2.75) is 24.0 Å². The molecule has 0 spiro atoms. The van der Waals surface area contributed by atoms with Crippen molar-refractivity contribution < 1.29 is 14.9 Å². The maximum atomic E-state index is 11.7. The second kappa shape index (κ2) is 4.60. The molecule has 0 amide bonds. The SMILES string of the molecule is C#CC1(N)C(n2ncc(N)nc2=O)OC(CO)[C@@H]1O. The topological polar surface area (TPSA) is 150 Å². The number of terminal acetylenes is 1. The Kier molecular flexibility index (Phi) is 3.25. The predicted octanol–water partition coefficient (Wildman–Crippen LogP) is -3.20. The molecule has 19 heavy (non-hydrogen) atoms. The third kappa shape index (κ3) is 1.96. The average molecular weight is 267 g/mol. The van der Waals surface area contributed by atoms with Gasteiger partial charge in [-0.05, 0) is 0 Å². The molecular formula is C10H13N5O4. The van der Waals surface area contributed by atoms with Crippen molar-refractivity contribution in [2.75, 3.05) is 12.3 Å². The van der Waals surface area contributed by atoms with E-state index in [1.807, 2.05) is 0 Å². The number of rotatable bonds is 2. The van der Waals surface area contributed by atoms with Crippen molar-refractivity contribution in [2.24, 2.45) is 5.73 Å². The van der Waals surface area contributed by atoms with Crippen molar-refractivity contribution in [1.82, 2.24) is 14.8 Å². The van der Waals surface area contributed by atoms with Crippen LogP contribution in [0.25, 0.3) is 0 Å². The van der Waals surface area contributed by atoms with Gasteiger partial charge >= 0.3 is 5.69 Å². The van der Waals surface area contributed by atoms with Crippen LogP contribution in [-0.2, 0) is 4.74 Å². The number of nitrogens with zero attached hydrogens (tertiary/aromatic N) is 3. The van der Waals surface area contributed by atoms with Crippen LogP contribution in [-0.4, -0.2) is 49.3 Å². The predicted molar refractivity (Wildman–Crippen MR) is 63.5 cm³/mol. The fourth-order valence-corrected chi connectivity index (χ4v) is 1.89. The van der Waals surface area contributed by atoms with Gasteiger partial charge in [0.2, 0.25) is 0 Å². The number of aliphatic hydroxyl groups is 2. The quantitative estimate of drug-likeness (QED) is 0.409. The molecule has 0 saturated carbocycles. The van der Waals surface area contributed by atoms with Gasteiger partial charge in [0.1, 0.15) is 18.0 Å². The molecule has 0 bridgehead atoms. The Morgan fingerprint density at radius 1 is 1.68 bits per heavy atom. The van der Waals surface area contributed by atoms with E-state index in [2.05, 4.69) is 16.0 Å². The summed E-state index contributed by atoms with van der Waals surface area (Å²) in [6.45, 7) is -0.505. The van der Waals surface area contributed by atoms with E-state index in [1.54, 1.807) is 0 Å². The minimum Gasteiger partial charge on any atom is -0.394 e. The van der Waals surface area contributed by atoms with Crippen LogP contribution in [0.2, 0.25) is 0 Å². The molecule has 1 saturated heterocycles. The van der Waals surface area contributed by atoms with Crippen molar-refractivity contribution in [3.05, 3.63) is 16.7 Å². The lowest BCUT2D eigenvalue weighted by atomic mass is 9.92. The number of aliphatic hydroxyl groups excluding tert-OH is 2. The Morgan fingerprint density at radius 2 is 2.37 bits per heavy atom. The maximum absolute atomic E-state index is 11.7. The average Bonchev–Trinajstić information content (AvgIpc) is 2.63. The summed E-state index contributed by atoms with van der Waals surface area (Å²) in [5.74, 6) is 2.11. The molecule has 1 aliphatic rings. The molecule has 9 heteroatoms. The normalized spacial score (nSPS) is 34.1. The van der Waals surface area contributed by atoms with Gasteiger partial charge in [0, 0.05) is 0 Å². The van der Waals surface area contributed by atoms with Gasteiger partial charge in [0.05, 0.1) is 12.8 Å². The number of nitrogens with two attached hydrogens (primary N) is 2. The lowest BCUT2D eigenvalue weighted by Gasteiger charge is -2.26. The number of hydrogen-bond donors (Lipinski definition) is 4. The minimum atomic E-state index is -1.71. The fourth-order valence-electron chi connectivity index (χ4n) is 1.89. The first kappa shape index (κ1) is 13.4. The van der Waals surface area contributed by atoms with Crippen LogP contribution < -0.4 is 17.2 Å². The summed E-state index contributed by atoms with van der Waals surface area (Å²) in [6.07, 6.45) is 2.81. The second-order valence-electron chi connectivity index (χ2n) is 4.14. The monoisotopic (exact) mass is 267 g/mol. The molecule has 102 valence electrons. The molecule has 0 aromatic carbocycles. The number of nitrogen functional groups attached to an aromatic ring is 1. The Morgan fingerprint density at radius 3 is 2.89 bits per heavy atom. The number of hydrogen-bond acceptors (Lipinski definition) is 8. The Balaban J connectivity index is 2.49. The molecule has 2 rings (SSSR count). The van der Waals surface area contributed by atoms with E-state index < -0.39 is 36.3 Å². The third-order valence-electron chi connectivity index (χ3n) is 2.94. The van der Waals surface area contributed by atoms with Crippen molar-refractivity contribution in [3.63, 3.8) is 0 Å². The highest BCUT2D eigenvalue weighted by Crippen LogP contribution is 2.34. The van der Waals surface area contributed by atoms with E-state index in [0.717, 1.165) is 10.9 Å². The molecular weight excluding hydrogens is 254 g/mol. The molecule has 3 unspecified atom stereocenters. The molecule has 1 fully saturated rings. The van der Waals surface area contributed by atoms with Crippen LogP contribution in [0, 0.1) is 12.3 Å². The Labute approximate surface area is 107 Å². The van der Waals surface area contributed by atoms with E-state index in [1.165, 1.54) is 0 Å². The molecule has 0 aliphatic carbocycles. The smallest absolute Gasteiger partial charge is 0.368 e. The van der Waals surface area contributed by atoms with Crippen molar-refractivity contribution in [1.29, 1.82) is 0 Å². The van der Waals surface area contributed by atoms with Gasteiger partial charge in [-0.15, -0.1) is 6.42 Å². The van der Waals surface area contributed by atoms with Crippen LogP contribution in [0.4, 0.5) is 5.82 Å². The maximum Gasteiger partial charge on any atom is 0.368 e. The van der Waals surface area contributed by atoms with Gasteiger partial charge in [0.25, 0.3) is 0 Å². The molecule has 2 heterocycles. The van der Waals surface area contributed by atoms with Crippen LogP contribution in [0.3, 0.4) is 0 Å². The van der Waals surface area contributed by atoms with E-state index in [0.29, 0.717) is 0 Å². The lowest BCUT2D eigenvalue weighted by molar-refractivity contribution is -0.0528. The van der Waals surface area contributed by atoms with Crippen molar-refractivity contribution in [3.8, 4) is 12.3 Å². The molecule has 4 atom stereocenters. The van der Waals surface area contributed by atoms with Crippen LogP contribution in [0.15, 0.2) is 11.0 Å². The van der Waals surface area contributed by atoms with Crippen LogP contribution in [0.1, 0.15) is 6.23 Å². The summed E-state index contributed by atoms with van der Waals surface area (Å²) in [5, 5.41) is 22.8. The van der Waals surface area contributed by atoms with Gasteiger partial charge in [0.15, 0.2) is 11.8 Å². The summed E-state index contributed by atoms with van der Waals surface area (Å²) in [7, 11) is 0. The highest BCUT2D eigenvalue weighted by molar-refractivity contribution is 5.23. The van der Waals surface area contributed by atoms with Gasteiger partial charge in [-0.1, -0.05) is 5.92 Å². The van der Waals surface area contributed by atoms with Gasteiger partial charge in [-0.2, -0.15) is 14.8 Å². The first-order chi connectivity index (χ1) is 8.93. The highest BCUT2D eigenvalue weighted by Gasteiger charge is 2.54. The summed E-state index contributed by atoms with van der Waals surface area (Å²) in [6, 6.07) is 0. The van der Waals surface area contributed by atoms with Crippen LogP contribution >= 0.6 is 0 Å². The van der Waals surface area contributed by atoms with Gasteiger partial charge in [-0.25, -0.2) is 4.79 Å². The van der Waals surface area contributed by atoms with Gasteiger partial charge in [-0.3, -0.25) is 0 Å². The number of aromatic nitrogens is 3. The Hall–Kier alpha value is -1.99. The van der Waals surface area contributed by atoms with E-state index >= 15 is 0 Å². The fraction of sp³-hybridized carbons (Fsp3) is 0.500. The molecule has 9 nitrogen and oxygen atoms in total. The molecule has 1 aliphatic heterocycles. The molecule has 1 aromatic rings. The molecule has 6 N–H and O–H groups in total. The first-order valence-electron chi connectivity index (χ1n) is 5.36. The zero-order chi connectivity index (χ0) is 14.2. The number of ether oxygens (including phenoxy) is 1. The Bertz CT molecular complexity index is 582. The zero-order valence-corrected chi connectivity index (χ0v) is 9.80. The first-order valence-corrected chi connectivity index (χ1v) is 5.36. The summed E-state index contributed by atoms with van der Waals surface area (Å²) < 4.78 is 6.08. The summed E-state index contributed by atoms with van der Waals surface area (Å²) in [4.78, 5) is 15.2. The molecule has 0 radical (unpaired) electrons. The standard InChI is InChI=1S/C10H13N5O4/c1-2-10(12)7(17)5(4-16)19-8(10)15-9(18)14-6(11)3-13-15/h1,3,5,7-8,16-17H,4,12H2,(H2,11,14,18)/t5?,7-,8?,10?/m0/s1. The third-order valence-corrected chi connectivity index (χ3v) is 2.94. The number of anilines is 1. The minimum absolute atomic E-state index is 0.0677. The van der Waals surface area contributed by atoms with Crippen molar-refractivity contribution >= 4 is 5.82 Å². The molecule has 1 aromatic heterocycles. The van der Waals surface area contributed by atoms with E-state index in [-0.39, 0.29) is 5.82 Å². The summed E-state index contributed by atoms with van der Waals surface area (Å²) in [5.41, 5.74) is 8.66. The van der Waals surface area contributed by atoms with Gasteiger partial charge < -0.3 is 26.4 Å². The van der Waals surface area contributed by atoms with E-state index in [9.17, 15) is 9.90 Å². The van der Waals surface area contributed by atoms with Crippen LogP contribution in [0.5, 0.6) is 0 Å². The zero-order valence-electron chi connectivity index (χ0n) is 9.80. The largest absolute Gasteiger partial charge is 0.394 e. The lowest BCUT2D eigenvalue weighted by Crippen LogP contribution is -2.55. The summed E-state index contributed by atoms with van der Waals surface area (Å²) >= 11 is 0.